The van der Waals surface area contributed by atoms with Gasteiger partial charge in [0.25, 0.3) is 0 Å². The van der Waals surface area contributed by atoms with Gasteiger partial charge in [0.2, 0.25) is 0 Å². The first-order valence-corrected chi connectivity index (χ1v) is 9.19. The van der Waals surface area contributed by atoms with Crippen LogP contribution in [0.25, 0.3) is 11.0 Å². The third-order valence-corrected chi connectivity index (χ3v) is 5.39. The first-order valence-electron chi connectivity index (χ1n) is 9.19. The fraction of sp³-hybridized carbons (Fsp3) is 0.318. The largest absolute Gasteiger partial charge is 0.478 e. The number of nitrogens with zero attached hydrogens (tertiary/aromatic N) is 1. The van der Waals surface area contributed by atoms with Crippen molar-refractivity contribution in [3.8, 4) is 0 Å². The molecule has 0 radical (unpaired) electrons. The molecule has 0 aliphatic carbocycles. The number of carboxylic acids is 1. The minimum absolute atomic E-state index is 0.448. The average Bonchev–Trinajstić information content (AvgIpc) is 3.11. The molecule has 134 valence electrons. The standard InChI is InChI=1S/C22H23NO3/c24-22(25)20-4-2-1-3-18(20)13-16-7-10-23(11-8-16)15-17-5-6-21-19(14-17)9-12-26-21/h1-6,9,12,14,16H,7-8,10-11,13,15H2,(H,24,25). The van der Waals surface area contributed by atoms with Gasteiger partial charge in [0, 0.05) is 11.9 Å². The SMILES string of the molecule is O=C(O)c1ccccc1CC1CCN(Cc2ccc3occc3c2)CC1. The van der Waals surface area contributed by atoms with Gasteiger partial charge in [-0.05, 0) is 73.7 Å². The monoisotopic (exact) mass is 349 g/mol. The smallest absolute Gasteiger partial charge is 0.335 e. The summed E-state index contributed by atoms with van der Waals surface area (Å²) < 4.78 is 5.40. The van der Waals surface area contributed by atoms with Crippen molar-refractivity contribution in [2.45, 2.75) is 25.8 Å². The molecule has 0 amide bonds. The van der Waals surface area contributed by atoms with E-state index in [1.54, 1.807) is 18.4 Å². The van der Waals surface area contributed by atoms with Gasteiger partial charge in [-0.1, -0.05) is 24.3 Å². The predicted octanol–water partition coefficient (Wildman–Crippen LogP) is 4.59. The molecule has 1 aliphatic rings. The summed E-state index contributed by atoms with van der Waals surface area (Å²) in [7, 11) is 0. The average molecular weight is 349 g/mol. The molecule has 0 bridgehead atoms. The molecule has 1 saturated heterocycles. The van der Waals surface area contributed by atoms with Gasteiger partial charge >= 0.3 is 5.97 Å². The van der Waals surface area contributed by atoms with E-state index < -0.39 is 5.97 Å². The van der Waals surface area contributed by atoms with Crippen LogP contribution >= 0.6 is 0 Å². The molecular weight excluding hydrogens is 326 g/mol. The van der Waals surface area contributed by atoms with Gasteiger partial charge in [0.1, 0.15) is 5.58 Å². The van der Waals surface area contributed by atoms with E-state index in [9.17, 15) is 9.90 Å². The molecule has 0 spiro atoms. The molecular formula is C22H23NO3. The number of piperidine rings is 1. The highest BCUT2D eigenvalue weighted by molar-refractivity contribution is 5.89. The number of benzene rings is 2. The van der Waals surface area contributed by atoms with E-state index in [1.807, 2.05) is 24.3 Å². The maximum atomic E-state index is 11.4. The lowest BCUT2D eigenvalue weighted by Crippen LogP contribution is -2.34. The molecule has 0 saturated carbocycles. The topological polar surface area (TPSA) is 53.7 Å². The lowest BCUT2D eigenvalue weighted by molar-refractivity contribution is 0.0695. The predicted molar refractivity (Wildman–Crippen MR) is 101 cm³/mol. The Morgan fingerprint density at radius 2 is 1.92 bits per heavy atom. The van der Waals surface area contributed by atoms with Crippen LogP contribution in [0.5, 0.6) is 0 Å². The van der Waals surface area contributed by atoms with Crippen molar-refractivity contribution >= 4 is 16.9 Å². The quantitative estimate of drug-likeness (QED) is 0.732. The normalized spacial score (nSPS) is 16.2. The van der Waals surface area contributed by atoms with E-state index in [-0.39, 0.29) is 0 Å². The summed E-state index contributed by atoms with van der Waals surface area (Å²) in [6.45, 7) is 3.08. The highest BCUT2D eigenvalue weighted by atomic mass is 16.4. The van der Waals surface area contributed by atoms with Gasteiger partial charge in [0.05, 0.1) is 11.8 Å². The Morgan fingerprint density at radius 3 is 2.73 bits per heavy atom. The van der Waals surface area contributed by atoms with Crippen LogP contribution in [0.4, 0.5) is 0 Å². The molecule has 0 atom stereocenters. The summed E-state index contributed by atoms with van der Waals surface area (Å²) in [5.74, 6) is -0.268. The number of furan rings is 1. The van der Waals surface area contributed by atoms with E-state index in [0.717, 1.165) is 55.4 Å². The Hall–Kier alpha value is -2.59. The van der Waals surface area contributed by atoms with Crippen LogP contribution in [0.2, 0.25) is 0 Å². The van der Waals surface area contributed by atoms with E-state index in [1.165, 1.54) is 5.56 Å². The van der Waals surface area contributed by atoms with E-state index in [2.05, 4.69) is 17.0 Å². The van der Waals surface area contributed by atoms with Crippen molar-refractivity contribution in [3.05, 3.63) is 71.5 Å². The lowest BCUT2D eigenvalue weighted by Gasteiger charge is -2.32. The summed E-state index contributed by atoms with van der Waals surface area (Å²) in [4.78, 5) is 13.9. The number of rotatable bonds is 5. The van der Waals surface area contributed by atoms with E-state index >= 15 is 0 Å². The Bertz CT molecular complexity index is 906. The Labute approximate surface area is 153 Å². The molecule has 1 aliphatic heterocycles. The number of aromatic carboxylic acids is 1. The number of hydrogen-bond donors (Lipinski definition) is 1. The highest BCUT2D eigenvalue weighted by Gasteiger charge is 2.21. The van der Waals surface area contributed by atoms with Crippen LogP contribution in [0.15, 0.2) is 59.2 Å². The number of carboxylic acid groups (broad SMARTS) is 1. The molecule has 4 rings (SSSR count). The molecule has 4 nitrogen and oxygen atoms in total. The van der Waals surface area contributed by atoms with Crippen LogP contribution in [0.3, 0.4) is 0 Å². The summed E-state index contributed by atoms with van der Waals surface area (Å²) in [5, 5.41) is 10.5. The Morgan fingerprint density at radius 1 is 1.12 bits per heavy atom. The number of fused-ring (bicyclic) bond motifs is 1. The van der Waals surface area contributed by atoms with E-state index in [4.69, 9.17) is 4.42 Å². The minimum atomic E-state index is -0.826. The number of carbonyl (C=O) groups is 1. The molecule has 2 aromatic carbocycles. The van der Waals surface area contributed by atoms with Gasteiger partial charge in [-0.3, -0.25) is 4.90 Å². The Balaban J connectivity index is 1.35. The van der Waals surface area contributed by atoms with Crippen LogP contribution in [-0.4, -0.2) is 29.1 Å². The molecule has 1 aromatic heterocycles. The molecule has 0 unspecified atom stereocenters. The van der Waals surface area contributed by atoms with Gasteiger partial charge in [-0.15, -0.1) is 0 Å². The van der Waals surface area contributed by atoms with Crippen molar-refractivity contribution < 1.29 is 14.3 Å². The highest BCUT2D eigenvalue weighted by Crippen LogP contribution is 2.25. The number of hydrogen-bond acceptors (Lipinski definition) is 3. The van der Waals surface area contributed by atoms with Crippen LogP contribution in [0.1, 0.15) is 34.3 Å². The van der Waals surface area contributed by atoms with E-state index in [0.29, 0.717) is 11.5 Å². The van der Waals surface area contributed by atoms with Crippen molar-refractivity contribution in [1.29, 1.82) is 0 Å². The van der Waals surface area contributed by atoms with Gasteiger partial charge in [-0.25, -0.2) is 4.79 Å². The third-order valence-electron chi connectivity index (χ3n) is 5.39. The lowest BCUT2D eigenvalue weighted by atomic mass is 9.88. The second kappa shape index (κ2) is 7.34. The van der Waals surface area contributed by atoms with Crippen LogP contribution in [-0.2, 0) is 13.0 Å². The summed E-state index contributed by atoms with van der Waals surface area (Å²) in [5.41, 5.74) is 3.66. The van der Waals surface area contributed by atoms with Crippen molar-refractivity contribution in [3.63, 3.8) is 0 Å². The minimum Gasteiger partial charge on any atom is -0.478 e. The zero-order valence-electron chi connectivity index (χ0n) is 14.7. The van der Waals surface area contributed by atoms with Crippen molar-refractivity contribution in [2.24, 2.45) is 5.92 Å². The molecule has 2 heterocycles. The number of likely N-dealkylation sites (tertiary alicyclic amines) is 1. The molecule has 1 fully saturated rings. The third kappa shape index (κ3) is 3.65. The first-order chi connectivity index (χ1) is 12.7. The molecule has 1 N–H and O–H groups in total. The summed E-state index contributed by atoms with van der Waals surface area (Å²) >= 11 is 0. The fourth-order valence-electron chi connectivity index (χ4n) is 3.94. The maximum absolute atomic E-state index is 11.4. The van der Waals surface area contributed by atoms with Gasteiger partial charge in [0.15, 0.2) is 0 Å². The maximum Gasteiger partial charge on any atom is 0.335 e. The molecule has 26 heavy (non-hydrogen) atoms. The summed E-state index contributed by atoms with van der Waals surface area (Å²) in [6.07, 6.45) is 4.82. The first kappa shape index (κ1) is 16.9. The van der Waals surface area contributed by atoms with Gasteiger partial charge < -0.3 is 9.52 Å². The van der Waals surface area contributed by atoms with Crippen LogP contribution in [0, 0.1) is 5.92 Å². The zero-order chi connectivity index (χ0) is 17.9. The molecule has 3 aromatic rings. The van der Waals surface area contributed by atoms with Crippen LogP contribution < -0.4 is 0 Å². The Kier molecular flexibility index (Phi) is 4.76. The molecule has 4 heteroatoms. The van der Waals surface area contributed by atoms with Crippen molar-refractivity contribution in [2.75, 3.05) is 13.1 Å². The van der Waals surface area contributed by atoms with Gasteiger partial charge in [-0.2, -0.15) is 0 Å². The van der Waals surface area contributed by atoms with Crippen molar-refractivity contribution in [1.82, 2.24) is 4.90 Å². The second-order valence-electron chi connectivity index (χ2n) is 7.18. The zero-order valence-corrected chi connectivity index (χ0v) is 14.7. The second-order valence-corrected chi connectivity index (χ2v) is 7.18. The summed E-state index contributed by atoms with van der Waals surface area (Å²) in [6, 6.07) is 15.8. The fourth-order valence-corrected chi connectivity index (χ4v) is 3.94.